The summed E-state index contributed by atoms with van der Waals surface area (Å²) in [4.78, 5) is 9.00. The second-order valence-electron chi connectivity index (χ2n) is 5.88. The molecule has 0 saturated carbocycles. The molecule has 3 aromatic rings. The molecular formula is C16H21N5O3S2. The number of hydrogen-bond acceptors (Lipinski definition) is 7. The Bertz CT molecular complexity index is 1010. The fraction of sp³-hybridized carbons (Fsp3) is 0.438. The van der Waals surface area contributed by atoms with Crippen LogP contribution >= 0.6 is 11.8 Å². The van der Waals surface area contributed by atoms with Gasteiger partial charge in [-0.1, -0.05) is 30.8 Å². The van der Waals surface area contributed by atoms with Crippen molar-refractivity contribution in [3.63, 3.8) is 0 Å². The molecule has 2 N–H and O–H groups in total. The predicted octanol–water partition coefficient (Wildman–Crippen LogP) is 2.72. The van der Waals surface area contributed by atoms with E-state index >= 15 is 0 Å². The van der Waals surface area contributed by atoms with Crippen LogP contribution < -0.4 is 5.14 Å². The molecule has 10 heteroatoms. The number of fused-ring (bicyclic) bond motifs is 1. The zero-order valence-electron chi connectivity index (χ0n) is 14.7. The van der Waals surface area contributed by atoms with Crippen molar-refractivity contribution < 1.29 is 12.9 Å². The normalized spacial score (nSPS) is 12.1. The molecule has 0 atom stereocenters. The van der Waals surface area contributed by atoms with Crippen molar-refractivity contribution >= 4 is 32.8 Å². The van der Waals surface area contributed by atoms with E-state index in [-0.39, 0.29) is 4.90 Å². The Morgan fingerprint density at radius 3 is 2.73 bits per heavy atom. The molecule has 26 heavy (non-hydrogen) atoms. The van der Waals surface area contributed by atoms with E-state index in [1.54, 1.807) is 6.07 Å². The van der Waals surface area contributed by atoms with Gasteiger partial charge in [0.25, 0.3) is 0 Å². The Balaban J connectivity index is 1.89. The molecule has 0 aliphatic carbocycles. The van der Waals surface area contributed by atoms with E-state index in [1.165, 1.54) is 23.9 Å². The third-order valence-corrected chi connectivity index (χ3v) is 5.64. The van der Waals surface area contributed by atoms with Crippen LogP contribution in [-0.2, 0) is 28.7 Å². The molecule has 2 heterocycles. The van der Waals surface area contributed by atoms with Crippen molar-refractivity contribution in [3.8, 4) is 0 Å². The van der Waals surface area contributed by atoms with E-state index in [4.69, 9.17) is 9.66 Å². The first-order valence-electron chi connectivity index (χ1n) is 8.39. The summed E-state index contributed by atoms with van der Waals surface area (Å²) < 4.78 is 30.5. The molecule has 0 fully saturated rings. The van der Waals surface area contributed by atoms with Crippen LogP contribution in [-0.4, -0.2) is 28.1 Å². The molecule has 0 spiro atoms. The van der Waals surface area contributed by atoms with Gasteiger partial charge in [0.2, 0.25) is 15.9 Å². The van der Waals surface area contributed by atoms with Crippen LogP contribution in [0.25, 0.3) is 11.0 Å². The SMILES string of the molecule is CCCc1noc(CSc2nc3cc(S(N)(=O)=O)ccc3n2CCC)n1. The summed E-state index contributed by atoms with van der Waals surface area (Å²) in [5.41, 5.74) is 1.48. The Labute approximate surface area is 156 Å². The molecule has 2 aromatic heterocycles. The Kier molecular flexibility index (Phi) is 5.64. The highest BCUT2D eigenvalue weighted by Gasteiger charge is 2.16. The summed E-state index contributed by atoms with van der Waals surface area (Å²) in [5.74, 6) is 1.77. The summed E-state index contributed by atoms with van der Waals surface area (Å²) in [6.07, 6.45) is 2.68. The van der Waals surface area contributed by atoms with Gasteiger partial charge in [0.05, 0.1) is 21.7 Å². The third kappa shape index (κ3) is 4.08. The van der Waals surface area contributed by atoms with Gasteiger partial charge in [-0.3, -0.25) is 0 Å². The fourth-order valence-corrected chi connectivity index (χ4v) is 4.03. The number of primary sulfonamides is 1. The summed E-state index contributed by atoms with van der Waals surface area (Å²) in [7, 11) is -3.76. The number of hydrogen-bond donors (Lipinski definition) is 1. The molecule has 0 aliphatic rings. The highest BCUT2D eigenvalue weighted by molar-refractivity contribution is 7.98. The van der Waals surface area contributed by atoms with Crippen LogP contribution in [0.2, 0.25) is 0 Å². The average Bonchev–Trinajstić information content (AvgIpc) is 3.17. The lowest BCUT2D eigenvalue weighted by molar-refractivity contribution is 0.384. The maximum atomic E-state index is 11.6. The highest BCUT2D eigenvalue weighted by atomic mass is 32.2. The number of rotatable bonds is 8. The number of aromatic nitrogens is 4. The van der Waals surface area contributed by atoms with Crippen LogP contribution in [0.1, 0.15) is 38.4 Å². The maximum absolute atomic E-state index is 11.6. The van der Waals surface area contributed by atoms with Crippen LogP contribution in [0, 0.1) is 0 Å². The Morgan fingerprint density at radius 1 is 1.23 bits per heavy atom. The molecule has 0 amide bonds. The van der Waals surface area contributed by atoms with Crippen LogP contribution in [0.15, 0.2) is 32.8 Å². The molecule has 140 valence electrons. The van der Waals surface area contributed by atoms with Gasteiger partial charge >= 0.3 is 0 Å². The minimum absolute atomic E-state index is 0.0591. The lowest BCUT2D eigenvalue weighted by atomic mass is 10.3. The molecule has 8 nitrogen and oxygen atoms in total. The monoisotopic (exact) mass is 395 g/mol. The van der Waals surface area contributed by atoms with Gasteiger partial charge in [-0.2, -0.15) is 4.98 Å². The number of nitrogens with zero attached hydrogens (tertiary/aromatic N) is 4. The van der Waals surface area contributed by atoms with Gasteiger partial charge in [0, 0.05) is 13.0 Å². The summed E-state index contributed by atoms with van der Waals surface area (Å²) in [5, 5.41) is 9.95. The van der Waals surface area contributed by atoms with Gasteiger partial charge in [0.15, 0.2) is 11.0 Å². The fourth-order valence-electron chi connectivity index (χ4n) is 2.61. The minimum Gasteiger partial charge on any atom is -0.338 e. The largest absolute Gasteiger partial charge is 0.338 e. The van der Waals surface area contributed by atoms with Crippen molar-refractivity contribution in [1.29, 1.82) is 0 Å². The second-order valence-corrected chi connectivity index (χ2v) is 8.39. The smallest absolute Gasteiger partial charge is 0.238 e. The lowest BCUT2D eigenvalue weighted by Gasteiger charge is -2.06. The van der Waals surface area contributed by atoms with Gasteiger partial charge < -0.3 is 9.09 Å². The zero-order chi connectivity index (χ0) is 18.7. The number of imidazole rings is 1. The zero-order valence-corrected chi connectivity index (χ0v) is 16.3. The second kappa shape index (κ2) is 7.77. The van der Waals surface area contributed by atoms with E-state index < -0.39 is 10.0 Å². The first-order valence-corrected chi connectivity index (χ1v) is 10.9. The first-order chi connectivity index (χ1) is 12.4. The highest BCUT2D eigenvalue weighted by Crippen LogP contribution is 2.28. The number of benzene rings is 1. The predicted molar refractivity (Wildman–Crippen MR) is 99.3 cm³/mol. The molecule has 0 bridgehead atoms. The molecular weight excluding hydrogens is 374 g/mol. The lowest BCUT2D eigenvalue weighted by Crippen LogP contribution is -2.11. The van der Waals surface area contributed by atoms with Crippen LogP contribution in [0.4, 0.5) is 0 Å². The van der Waals surface area contributed by atoms with Crippen molar-refractivity contribution in [2.24, 2.45) is 5.14 Å². The number of aryl methyl sites for hydroxylation is 2. The number of thioether (sulfide) groups is 1. The van der Waals surface area contributed by atoms with Gasteiger partial charge in [-0.15, -0.1) is 0 Å². The van der Waals surface area contributed by atoms with Crippen molar-refractivity contribution in [2.75, 3.05) is 0 Å². The summed E-state index contributed by atoms with van der Waals surface area (Å²) in [6, 6.07) is 4.76. The van der Waals surface area contributed by atoms with Crippen LogP contribution in [0.5, 0.6) is 0 Å². The molecule has 0 unspecified atom stereocenters. The van der Waals surface area contributed by atoms with Crippen molar-refractivity contribution in [3.05, 3.63) is 29.9 Å². The van der Waals surface area contributed by atoms with E-state index in [0.717, 1.165) is 36.5 Å². The van der Waals surface area contributed by atoms with E-state index in [0.29, 0.717) is 23.0 Å². The van der Waals surface area contributed by atoms with E-state index in [1.807, 2.05) is 0 Å². The average molecular weight is 396 g/mol. The molecule has 3 rings (SSSR count). The Hall–Kier alpha value is -1.91. The van der Waals surface area contributed by atoms with Gasteiger partial charge in [-0.25, -0.2) is 18.5 Å². The summed E-state index contributed by atoms with van der Waals surface area (Å²) in [6.45, 7) is 4.92. The molecule has 0 radical (unpaired) electrons. The minimum atomic E-state index is -3.76. The molecule has 0 aliphatic heterocycles. The van der Waals surface area contributed by atoms with E-state index in [9.17, 15) is 8.42 Å². The first kappa shape index (κ1) is 18.9. The van der Waals surface area contributed by atoms with Crippen LogP contribution in [0.3, 0.4) is 0 Å². The maximum Gasteiger partial charge on any atom is 0.238 e. The quantitative estimate of drug-likeness (QED) is 0.583. The van der Waals surface area contributed by atoms with Crippen molar-refractivity contribution in [1.82, 2.24) is 19.7 Å². The number of sulfonamides is 1. The number of nitrogens with two attached hydrogens (primary N) is 1. The third-order valence-electron chi connectivity index (χ3n) is 3.77. The Morgan fingerprint density at radius 2 is 2.04 bits per heavy atom. The standard InChI is InChI=1S/C16H21N5O3S2/c1-3-5-14-19-15(24-20-14)10-25-16-18-12-9-11(26(17,22)23)6-7-13(12)21(16)8-4-2/h6-7,9H,3-5,8,10H2,1-2H3,(H2,17,22,23). The molecule has 1 aromatic carbocycles. The summed E-state index contributed by atoms with van der Waals surface area (Å²) >= 11 is 1.49. The molecule has 0 saturated heterocycles. The topological polar surface area (TPSA) is 117 Å². The van der Waals surface area contributed by atoms with E-state index in [2.05, 4.69) is 33.5 Å². The van der Waals surface area contributed by atoms with Gasteiger partial charge in [-0.05, 0) is 31.0 Å². The van der Waals surface area contributed by atoms with Gasteiger partial charge in [0.1, 0.15) is 0 Å². The van der Waals surface area contributed by atoms with Crippen molar-refractivity contribution in [2.45, 2.75) is 55.5 Å².